The van der Waals surface area contributed by atoms with Crippen molar-refractivity contribution in [2.45, 2.75) is 37.8 Å². The number of aromatic nitrogens is 2. The minimum Gasteiger partial charge on any atom is -0.337 e. The Hall–Kier alpha value is -2.30. The van der Waals surface area contributed by atoms with Gasteiger partial charge in [0, 0.05) is 30.4 Å². The second-order valence-electron chi connectivity index (χ2n) is 6.10. The summed E-state index contributed by atoms with van der Waals surface area (Å²) in [7, 11) is 0. The van der Waals surface area contributed by atoms with Gasteiger partial charge in [-0.15, -0.1) is 0 Å². The van der Waals surface area contributed by atoms with Gasteiger partial charge in [-0.2, -0.15) is 5.10 Å². The molecule has 1 atom stereocenters. The molecule has 0 bridgehead atoms. The fourth-order valence-corrected chi connectivity index (χ4v) is 2.77. The molecule has 0 radical (unpaired) electrons. The van der Waals surface area contributed by atoms with E-state index < -0.39 is 0 Å². The zero-order chi connectivity index (χ0) is 15.4. The molecular weight excluding hydrogens is 276 g/mol. The summed E-state index contributed by atoms with van der Waals surface area (Å²) in [6, 6.07) is 12.2. The highest BCUT2D eigenvalue weighted by Crippen LogP contribution is 2.47. The van der Waals surface area contributed by atoms with E-state index in [1.807, 2.05) is 29.9 Å². The second kappa shape index (κ2) is 6.22. The molecule has 1 saturated carbocycles. The molecule has 5 nitrogen and oxygen atoms in total. The monoisotopic (exact) mass is 298 g/mol. The molecule has 2 amide bonds. The fourth-order valence-electron chi connectivity index (χ4n) is 2.77. The number of rotatable bonds is 6. The predicted octanol–water partition coefficient (Wildman–Crippen LogP) is 2.30. The third-order valence-electron chi connectivity index (χ3n) is 4.22. The van der Waals surface area contributed by atoms with E-state index in [1.54, 1.807) is 6.20 Å². The lowest BCUT2D eigenvalue weighted by Gasteiger charge is -2.19. The van der Waals surface area contributed by atoms with E-state index in [1.165, 1.54) is 5.56 Å². The first-order valence-corrected chi connectivity index (χ1v) is 7.75. The van der Waals surface area contributed by atoms with E-state index >= 15 is 0 Å². The minimum atomic E-state index is -0.109. The molecule has 2 aromatic rings. The topological polar surface area (TPSA) is 59.0 Å². The van der Waals surface area contributed by atoms with Crippen molar-refractivity contribution in [1.82, 2.24) is 20.4 Å². The lowest BCUT2D eigenvalue weighted by molar-refractivity contribution is 0.235. The van der Waals surface area contributed by atoms with E-state index in [4.69, 9.17) is 0 Å². The van der Waals surface area contributed by atoms with Gasteiger partial charge in [0.2, 0.25) is 0 Å². The predicted molar refractivity (Wildman–Crippen MR) is 85.6 cm³/mol. The summed E-state index contributed by atoms with van der Waals surface area (Å²) >= 11 is 0. The van der Waals surface area contributed by atoms with Gasteiger partial charge in [-0.1, -0.05) is 30.3 Å². The highest BCUT2D eigenvalue weighted by molar-refractivity contribution is 5.74. The lowest BCUT2D eigenvalue weighted by Crippen LogP contribution is -2.44. The minimum absolute atomic E-state index is 0.0341. The highest BCUT2D eigenvalue weighted by atomic mass is 16.2. The van der Waals surface area contributed by atoms with Crippen LogP contribution in [0.25, 0.3) is 0 Å². The molecule has 1 fully saturated rings. The Labute approximate surface area is 130 Å². The van der Waals surface area contributed by atoms with Crippen molar-refractivity contribution in [2.24, 2.45) is 0 Å². The van der Waals surface area contributed by atoms with Gasteiger partial charge in [0.1, 0.15) is 0 Å². The van der Waals surface area contributed by atoms with Crippen molar-refractivity contribution in [1.29, 1.82) is 0 Å². The Morgan fingerprint density at radius 2 is 2.09 bits per heavy atom. The summed E-state index contributed by atoms with van der Waals surface area (Å²) in [6.07, 6.45) is 5.91. The van der Waals surface area contributed by atoms with Crippen LogP contribution in [0.3, 0.4) is 0 Å². The molecule has 116 valence electrons. The summed E-state index contributed by atoms with van der Waals surface area (Å²) in [6.45, 7) is 3.34. The van der Waals surface area contributed by atoms with Gasteiger partial charge in [0.25, 0.3) is 0 Å². The van der Waals surface area contributed by atoms with Crippen molar-refractivity contribution in [3.8, 4) is 0 Å². The summed E-state index contributed by atoms with van der Waals surface area (Å²) < 4.78 is 1.82. The number of nitrogens with one attached hydrogen (secondary N) is 2. The standard InChI is InChI=1S/C17H22N4O/c1-14(12-21-11-5-10-19-21)20-16(22)18-13-17(8-9-17)15-6-3-2-4-7-15/h2-7,10-11,14H,8-9,12-13H2,1H3,(H2,18,20,22). The first kappa shape index (κ1) is 14.6. The molecule has 22 heavy (non-hydrogen) atoms. The van der Waals surface area contributed by atoms with E-state index in [9.17, 15) is 4.79 Å². The summed E-state index contributed by atoms with van der Waals surface area (Å²) in [5.74, 6) is 0. The summed E-state index contributed by atoms with van der Waals surface area (Å²) in [5, 5.41) is 10.1. The fraction of sp³-hybridized carbons (Fsp3) is 0.412. The molecule has 1 unspecified atom stereocenters. The Bertz CT molecular complexity index is 605. The average molecular weight is 298 g/mol. The number of hydrogen-bond donors (Lipinski definition) is 2. The number of amides is 2. The highest BCUT2D eigenvalue weighted by Gasteiger charge is 2.44. The van der Waals surface area contributed by atoms with E-state index in [0.717, 1.165) is 12.8 Å². The second-order valence-corrected chi connectivity index (χ2v) is 6.10. The molecule has 3 rings (SSSR count). The third kappa shape index (κ3) is 3.47. The van der Waals surface area contributed by atoms with Gasteiger partial charge in [-0.25, -0.2) is 4.79 Å². The Kier molecular flexibility index (Phi) is 4.13. The van der Waals surface area contributed by atoms with Crippen LogP contribution in [0.4, 0.5) is 4.79 Å². The van der Waals surface area contributed by atoms with Gasteiger partial charge in [-0.05, 0) is 31.4 Å². The zero-order valence-electron chi connectivity index (χ0n) is 12.8. The lowest BCUT2D eigenvalue weighted by atomic mass is 9.96. The first-order valence-electron chi connectivity index (χ1n) is 7.75. The van der Waals surface area contributed by atoms with Crippen molar-refractivity contribution < 1.29 is 4.79 Å². The molecule has 1 aliphatic carbocycles. The smallest absolute Gasteiger partial charge is 0.315 e. The number of benzene rings is 1. The normalized spacial score (nSPS) is 16.8. The number of urea groups is 1. The number of hydrogen-bond acceptors (Lipinski definition) is 2. The van der Waals surface area contributed by atoms with Gasteiger partial charge < -0.3 is 10.6 Å². The quantitative estimate of drug-likeness (QED) is 0.859. The Balaban J connectivity index is 1.46. The van der Waals surface area contributed by atoms with Crippen molar-refractivity contribution in [2.75, 3.05) is 6.54 Å². The third-order valence-corrected chi connectivity index (χ3v) is 4.22. The van der Waals surface area contributed by atoms with Crippen LogP contribution in [0.5, 0.6) is 0 Å². The van der Waals surface area contributed by atoms with Crippen molar-refractivity contribution in [3.05, 3.63) is 54.4 Å². The van der Waals surface area contributed by atoms with Crippen LogP contribution in [0.1, 0.15) is 25.3 Å². The molecule has 0 aliphatic heterocycles. The Morgan fingerprint density at radius 1 is 1.32 bits per heavy atom. The van der Waals surface area contributed by atoms with Crippen molar-refractivity contribution in [3.63, 3.8) is 0 Å². The maximum atomic E-state index is 12.0. The molecule has 1 aromatic heterocycles. The SMILES string of the molecule is CC(Cn1cccn1)NC(=O)NCC1(c2ccccc2)CC1. The largest absolute Gasteiger partial charge is 0.337 e. The van der Waals surface area contributed by atoms with Crippen LogP contribution in [-0.2, 0) is 12.0 Å². The zero-order valence-corrected chi connectivity index (χ0v) is 12.8. The number of carbonyl (C=O) groups excluding carboxylic acids is 1. The summed E-state index contributed by atoms with van der Waals surface area (Å²) in [5.41, 5.74) is 1.46. The maximum Gasteiger partial charge on any atom is 0.315 e. The molecule has 1 aromatic carbocycles. The van der Waals surface area contributed by atoms with Crippen LogP contribution in [-0.4, -0.2) is 28.4 Å². The van der Waals surface area contributed by atoms with Crippen LogP contribution in [0, 0.1) is 0 Å². The maximum absolute atomic E-state index is 12.0. The van der Waals surface area contributed by atoms with E-state index in [2.05, 4.69) is 40.0 Å². The van der Waals surface area contributed by atoms with Gasteiger partial charge in [-0.3, -0.25) is 4.68 Å². The van der Waals surface area contributed by atoms with Gasteiger partial charge in [0.15, 0.2) is 0 Å². The summed E-state index contributed by atoms with van der Waals surface area (Å²) in [4.78, 5) is 12.0. The van der Waals surface area contributed by atoms with Crippen molar-refractivity contribution >= 4 is 6.03 Å². The average Bonchev–Trinajstić information content (AvgIpc) is 3.16. The van der Waals surface area contributed by atoms with Gasteiger partial charge >= 0.3 is 6.03 Å². The van der Waals surface area contributed by atoms with Crippen LogP contribution < -0.4 is 10.6 Å². The Morgan fingerprint density at radius 3 is 2.73 bits per heavy atom. The number of nitrogens with zero attached hydrogens (tertiary/aromatic N) is 2. The molecule has 0 spiro atoms. The molecular formula is C17H22N4O. The molecule has 2 N–H and O–H groups in total. The molecule has 5 heteroatoms. The molecule has 1 heterocycles. The van der Waals surface area contributed by atoms with Crippen LogP contribution in [0.15, 0.2) is 48.8 Å². The van der Waals surface area contributed by atoms with Crippen LogP contribution >= 0.6 is 0 Å². The first-order chi connectivity index (χ1) is 10.7. The van der Waals surface area contributed by atoms with Crippen LogP contribution in [0.2, 0.25) is 0 Å². The molecule has 0 saturated heterocycles. The van der Waals surface area contributed by atoms with E-state index in [-0.39, 0.29) is 17.5 Å². The number of carbonyl (C=O) groups is 1. The van der Waals surface area contributed by atoms with E-state index in [0.29, 0.717) is 13.1 Å². The van der Waals surface area contributed by atoms with Gasteiger partial charge in [0.05, 0.1) is 6.54 Å². The molecule has 1 aliphatic rings.